The molecule has 1 aliphatic rings. The Morgan fingerprint density at radius 3 is 2.76 bits per heavy atom. The highest BCUT2D eigenvalue weighted by atomic mass is 35.5. The number of hydrogen-bond donors (Lipinski definition) is 1. The monoisotopic (exact) mass is 468 g/mol. The van der Waals surface area contributed by atoms with Crippen molar-refractivity contribution in [1.82, 2.24) is 19.7 Å². The summed E-state index contributed by atoms with van der Waals surface area (Å²) in [4.78, 5) is 31.6. The highest BCUT2D eigenvalue weighted by Crippen LogP contribution is 2.17. The third-order valence-corrected chi connectivity index (χ3v) is 5.78. The Bertz CT molecular complexity index is 1200. The maximum Gasteiger partial charge on any atom is 0.270 e. The van der Waals surface area contributed by atoms with Crippen LogP contribution in [0.4, 0.5) is 0 Å². The number of ether oxygens (including phenoxy) is 1. The van der Waals surface area contributed by atoms with Crippen molar-refractivity contribution in [2.75, 3.05) is 13.1 Å². The first-order valence-electron chi connectivity index (χ1n) is 10.7. The number of Topliss-reactive ketones (excluding diaryl/α,β-unsaturated/α-hetero) is 1. The summed E-state index contributed by atoms with van der Waals surface area (Å²) in [5.74, 6) is 0.109. The minimum absolute atomic E-state index is 0.156. The molecule has 0 aliphatic carbocycles. The Kier molecular flexibility index (Phi) is 7.17. The number of aryl methyl sites for hydroxylation is 1. The third kappa shape index (κ3) is 6.04. The molecule has 33 heavy (non-hydrogen) atoms. The quantitative estimate of drug-likeness (QED) is 0.507. The van der Waals surface area contributed by atoms with E-state index in [9.17, 15) is 14.7 Å². The van der Waals surface area contributed by atoms with E-state index in [1.807, 2.05) is 19.1 Å². The lowest BCUT2D eigenvalue weighted by Gasteiger charge is -2.16. The van der Waals surface area contributed by atoms with Gasteiger partial charge in [0, 0.05) is 37.5 Å². The molecule has 1 fully saturated rings. The number of halogens is 1. The number of benzene rings is 1. The number of pyridine rings is 1. The van der Waals surface area contributed by atoms with Gasteiger partial charge in [-0.2, -0.15) is 5.10 Å². The highest BCUT2D eigenvalue weighted by molar-refractivity contribution is 6.30. The Balaban J connectivity index is 1.37. The average molecular weight is 469 g/mol. The van der Waals surface area contributed by atoms with E-state index in [1.165, 1.54) is 18.5 Å². The van der Waals surface area contributed by atoms with Gasteiger partial charge in [0.25, 0.3) is 5.56 Å². The fraction of sp³-hybridized carbons (Fsp3) is 0.333. The molecule has 3 heterocycles. The van der Waals surface area contributed by atoms with Crippen LogP contribution < -0.4 is 10.3 Å². The second-order valence-electron chi connectivity index (χ2n) is 8.19. The molecule has 4 rings (SSSR count). The fourth-order valence-corrected chi connectivity index (χ4v) is 3.95. The number of hydrogen-bond acceptors (Lipinski definition) is 7. The zero-order chi connectivity index (χ0) is 23.4. The maximum absolute atomic E-state index is 12.8. The van der Waals surface area contributed by atoms with Gasteiger partial charge in [-0.25, -0.2) is 4.68 Å². The summed E-state index contributed by atoms with van der Waals surface area (Å²) in [5.41, 5.74) is 2.74. The second-order valence-corrected chi connectivity index (χ2v) is 8.63. The number of likely N-dealkylation sites (tertiary alicyclic amines) is 1. The number of nitrogens with zero attached hydrogens (tertiary/aromatic N) is 4. The summed E-state index contributed by atoms with van der Waals surface area (Å²) < 4.78 is 6.68. The van der Waals surface area contributed by atoms with Gasteiger partial charge < -0.3 is 9.84 Å². The zero-order valence-corrected chi connectivity index (χ0v) is 19.0. The molecule has 0 spiro atoms. The van der Waals surface area contributed by atoms with Crippen molar-refractivity contribution in [3.63, 3.8) is 0 Å². The van der Waals surface area contributed by atoms with Crippen LogP contribution in [0.15, 0.2) is 53.6 Å². The number of β-amino-alcohol motifs (C(OH)–C–C–N with tert-alkyl or cyclic N) is 1. The van der Waals surface area contributed by atoms with Crippen molar-refractivity contribution in [3.8, 4) is 5.75 Å². The minimum atomic E-state index is -0.424. The largest absolute Gasteiger partial charge is 0.485 e. The Hall–Kier alpha value is -3.07. The summed E-state index contributed by atoms with van der Waals surface area (Å²) in [5, 5.41) is 14.3. The Morgan fingerprint density at radius 1 is 1.24 bits per heavy atom. The molecular weight excluding hydrogens is 444 g/mol. The van der Waals surface area contributed by atoms with Crippen LogP contribution in [-0.4, -0.2) is 49.7 Å². The molecule has 2 aromatic heterocycles. The van der Waals surface area contributed by atoms with Gasteiger partial charge in [0.1, 0.15) is 18.9 Å². The van der Waals surface area contributed by atoms with Crippen molar-refractivity contribution in [3.05, 3.63) is 86.6 Å². The first kappa shape index (κ1) is 23.1. The lowest BCUT2D eigenvalue weighted by Crippen LogP contribution is -2.26. The molecule has 9 heteroatoms. The van der Waals surface area contributed by atoms with E-state index in [-0.39, 0.29) is 25.0 Å². The number of rotatable bonds is 8. The second kappa shape index (κ2) is 10.2. The molecule has 0 saturated carbocycles. The summed E-state index contributed by atoms with van der Waals surface area (Å²) in [6.45, 7) is 4.17. The van der Waals surface area contributed by atoms with Crippen LogP contribution in [0.5, 0.6) is 5.75 Å². The van der Waals surface area contributed by atoms with Crippen molar-refractivity contribution < 1.29 is 14.6 Å². The lowest BCUT2D eigenvalue weighted by molar-refractivity contribution is 0.0964. The van der Waals surface area contributed by atoms with E-state index < -0.39 is 5.56 Å². The van der Waals surface area contributed by atoms with Crippen LogP contribution in [0, 0.1) is 6.92 Å². The van der Waals surface area contributed by atoms with Crippen LogP contribution in [-0.2, 0) is 19.7 Å². The maximum atomic E-state index is 12.8. The van der Waals surface area contributed by atoms with E-state index in [0.29, 0.717) is 28.6 Å². The van der Waals surface area contributed by atoms with Crippen LogP contribution >= 0.6 is 11.6 Å². The first-order valence-corrected chi connectivity index (χ1v) is 11.1. The SMILES string of the molecule is Cc1cc(CN2CC[C@@H](O)C2)ccc1C(=O)Cn1ncc(OCc2ccc(Cl)cn2)cc1=O. The standard InChI is InChI=1S/C24H25ClN4O4/c1-16-8-17(12-28-7-6-20(30)13-28)2-5-22(16)23(31)14-29-24(32)9-21(11-27-29)33-15-19-4-3-18(25)10-26-19/h2-5,8-11,20,30H,6-7,12-15H2,1H3/t20-/m1/s1. The van der Waals surface area contributed by atoms with Gasteiger partial charge in [-0.3, -0.25) is 19.5 Å². The molecule has 0 bridgehead atoms. The number of ketones is 1. The van der Waals surface area contributed by atoms with Crippen LogP contribution in [0.25, 0.3) is 0 Å². The molecule has 3 aromatic rings. The van der Waals surface area contributed by atoms with E-state index in [4.69, 9.17) is 16.3 Å². The zero-order valence-electron chi connectivity index (χ0n) is 18.3. The molecule has 1 N–H and O–H groups in total. The van der Waals surface area contributed by atoms with E-state index in [2.05, 4.69) is 15.0 Å². The van der Waals surface area contributed by atoms with Crippen LogP contribution in [0.1, 0.15) is 33.6 Å². The molecule has 0 amide bonds. The minimum Gasteiger partial charge on any atom is -0.485 e. The van der Waals surface area contributed by atoms with Gasteiger partial charge in [0.2, 0.25) is 0 Å². The number of carbonyl (C=O) groups excluding carboxylic acids is 1. The number of aromatic nitrogens is 3. The van der Waals surface area contributed by atoms with Gasteiger partial charge in [-0.1, -0.05) is 29.8 Å². The topological polar surface area (TPSA) is 97.6 Å². The molecule has 0 unspecified atom stereocenters. The molecule has 0 radical (unpaired) electrons. The molecule has 1 aromatic carbocycles. The van der Waals surface area contributed by atoms with E-state index >= 15 is 0 Å². The van der Waals surface area contributed by atoms with Crippen molar-refractivity contribution in [2.45, 2.75) is 39.1 Å². The lowest BCUT2D eigenvalue weighted by atomic mass is 10.0. The molecule has 1 saturated heterocycles. The van der Waals surface area contributed by atoms with Crippen LogP contribution in [0.3, 0.4) is 0 Å². The van der Waals surface area contributed by atoms with E-state index in [0.717, 1.165) is 35.3 Å². The highest BCUT2D eigenvalue weighted by Gasteiger charge is 2.20. The van der Waals surface area contributed by atoms with E-state index in [1.54, 1.807) is 18.2 Å². The van der Waals surface area contributed by atoms with Gasteiger partial charge in [-0.15, -0.1) is 0 Å². The smallest absolute Gasteiger partial charge is 0.270 e. The normalized spacial score (nSPS) is 16.2. The van der Waals surface area contributed by atoms with Gasteiger partial charge >= 0.3 is 0 Å². The van der Waals surface area contributed by atoms with Gasteiger partial charge in [0.15, 0.2) is 5.78 Å². The van der Waals surface area contributed by atoms with Gasteiger partial charge in [0.05, 0.1) is 23.0 Å². The Morgan fingerprint density at radius 2 is 2.09 bits per heavy atom. The predicted molar refractivity (Wildman–Crippen MR) is 123 cm³/mol. The van der Waals surface area contributed by atoms with Gasteiger partial charge in [-0.05, 0) is 36.6 Å². The summed E-state index contributed by atoms with van der Waals surface area (Å²) >= 11 is 5.81. The van der Waals surface area contributed by atoms with Crippen molar-refractivity contribution in [2.24, 2.45) is 0 Å². The summed E-state index contributed by atoms with van der Waals surface area (Å²) in [7, 11) is 0. The third-order valence-electron chi connectivity index (χ3n) is 5.56. The van der Waals surface area contributed by atoms with Crippen molar-refractivity contribution >= 4 is 17.4 Å². The summed E-state index contributed by atoms with van der Waals surface area (Å²) in [6, 6.07) is 10.4. The molecule has 172 valence electrons. The van der Waals surface area contributed by atoms with Crippen LogP contribution in [0.2, 0.25) is 5.02 Å². The number of aliphatic hydroxyl groups excluding tert-OH is 1. The predicted octanol–water partition coefficient (Wildman–Crippen LogP) is 2.63. The molecule has 1 atom stereocenters. The number of carbonyl (C=O) groups is 1. The summed E-state index contributed by atoms with van der Waals surface area (Å²) in [6.07, 6.45) is 3.46. The average Bonchev–Trinajstić information content (AvgIpc) is 3.19. The number of aliphatic hydroxyl groups is 1. The molecular formula is C24H25ClN4O4. The van der Waals surface area contributed by atoms with Crippen molar-refractivity contribution in [1.29, 1.82) is 0 Å². The fourth-order valence-electron chi connectivity index (χ4n) is 3.84. The molecule has 1 aliphatic heterocycles. The molecule has 8 nitrogen and oxygen atoms in total. The first-order chi connectivity index (χ1) is 15.9. The Labute approximate surface area is 196 Å².